The quantitative estimate of drug-likeness (QED) is 0.458. The second-order valence-electron chi connectivity index (χ2n) is 5.07. The number of aryl methyl sites for hydroxylation is 1. The Morgan fingerprint density at radius 1 is 0.952 bits per heavy atom. The summed E-state index contributed by atoms with van der Waals surface area (Å²) >= 11 is 0. The fourth-order valence-electron chi connectivity index (χ4n) is 2.35. The van der Waals surface area contributed by atoms with Gasteiger partial charge in [0, 0.05) is 0 Å². The fourth-order valence-corrected chi connectivity index (χ4v) is 2.35. The smallest absolute Gasteiger partial charge is 1.00 e. The minimum Gasteiger partial charge on any atom is -1.00 e. The minimum absolute atomic E-state index is 0. The van der Waals surface area contributed by atoms with Gasteiger partial charge in [-0.1, -0.05) is 57.6 Å². The third-order valence-electron chi connectivity index (χ3n) is 3.41. The van der Waals surface area contributed by atoms with Crippen LogP contribution in [0, 0.1) is 0 Å². The zero-order valence-electron chi connectivity index (χ0n) is 16.5. The van der Waals surface area contributed by atoms with Gasteiger partial charge in [0.2, 0.25) is 0 Å². The van der Waals surface area contributed by atoms with E-state index < -0.39 is 0 Å². The maximum Gasteiger partial charge on any atom is 1.00 e. The Morgan fingerprint density at radius 2 is 1.57 bits per heavy atom. The van der Waals surface area contributed by atoms with Gasteiger partial charge in [0.1, 0.15) is 0 Å². The molecule has 1 N–H and O–H groups in total. The minimum atomic E-state index is 0. The van der Waals surface area contributed by atoms with Crippen molar-refractivity contribution in [2.75, 3.05) is 6.61 Å². The third-order valence-corrected chi connectivity index (χ3v) is 3.41. The summed E-state index contributed by atoms with van der Waals surface area (Å²) in [5.74, 6) is 0.943. The number of rotatable bonds is 10. The number of hydrogen-bond donors (Lipinski definition) is 1. The van der Waals surface area contributed by atoms with Gasteiger partial charge in [-0.05, 0) is 31.4 Å². The van der Waals surface area contributed by atoms with Crippen LogP contribution in [0.1, 0.15) is 67.2 Å². The molecule has 0 fully saturated rings. The Labute approximate surface area is 177 Å². The maximum absolute atomic E-state index is 9.80. The average Bonchev–Trinajstić information content (AvgIpc) is 2.41. The van der Waals surface area contributed by atoms with E-state index in [0.717, 1.165) is 12.0 Å². The number of aromatic hydroxyl groups is 1. The molecule has 0 saturated heterocycles. The van der Waals surface area contributed by atoms with Crippen molar-refractivity contribution in [1.29, 1.82) is 0 Å². The molecule has 0 bridgehead atoms. The summed E-state index contributed by atoms with van der Waals surface area (Å²) in [6.45, 7) is 4.79. The molecule has 1 rings (SSSR count). The Balaban J connectivity index is -0.000000451. The number of phenols is 1. The van der Waals surface area contributed by atoms with E-state index in [9.17, 15) is 5.11 Å². The van der Waals surface area contributed by atoms with Crippen molar-refractivity contribution in [2.45, 2.75) is 65.2 Å². The van der Waals surface area contributed by atoms with Crippen molar-refractivity contribution in [2.24, 2.45) is 0 Å². The Hall–Kier alpha value is 0.820. The Morgan fingerprint density at radius 3 is 2.19 bits per heavy atom. The van der Waals surface area contributed by atoms with Gasteiger partial charge in [0.25, 0.3) is 0 Å². The largest absolute Gasteiger partial charge is 1.00 e. The van der Waals surface area contributed by atoms with Gasteiger partial charge in [0.05, 0.1) is 6.61 Å². The van der Waals surface area contributed by atoms with Crippen LogP contribution in [0.4, 0.5) is 0 Å². The van der Waals surface area contributed by atoms with Crippen molar-refractivity contribution < 1.29 is 71.8 Å². The van der Waals surface area contributed by atoms with Crippen molar-refractivity contribution in [1.82, 2.24) is 0 Å². The van der Waals surface area contributed by atoms with Gasteiger partial charge < -0.3 is 12.7 Å². The van der Waals surface area contributed by atoms with Crippen LogP contribution in [-0.4, -0.2) is 11.7 Å². The van der Waals surface area contributed by atoms with Crippen LogP contribution in [-0.2, 0) is 6.42 Å². The summed E-state index contributed by atoms with van der Waals surface area (Å²) in [6.07, 6.45) is 10.2. The van der Waals surface area contributed by atoms with Crippen molar-refractivity contribution in [3.63, 3.8) is 0 Å². The Kier molecular flexibility index (Phi) is 18.0. The molecule has 112 valence electrons. The zero-order valence-corrected chi connectivity index (χ0v) is 18.5. The predicted octanol–water partition coefficient (Wildman–Crippen LogP) is -0.683. The van der Waals surface area contributed by atoms with Gasteiger partial charge in [-0.25, -0.2) is 0 Å². The molecule has 0 atom stereocenters. The summed E-state index contributed by atoms with van der Waals surface area (Å²) in [5, 5.41) is 9.80. The molecule has 0 aliphatic carbocycles. The second-order valence-corrected chi connectivity index (χ2v) is 5.07. The van der Waals surface area contributed by atoms with E-state index in [1.165, 1.54) is 44.9 Å². The number of ether oxygens (including phenoxy) is 1. The van der Waals surface area contributed by atoms with E-state index in [1.807, 2.05) is 13.0 Å². The molecule has 0 aliphatic heterocycles. The molecular formula is C17H30Na2O2. The summed E-state index contributed by atoms with van der Waals surface area (Å²) in [6, 6.07) is 5.65. The van der Waals surface area contributed by atoms with E-state index in [2.05, 4.69) is 13.0 Å². The van der Waals surface area contributed by atoms with Gasteiger partial charge in [0.15, 0.2) is 11.5 Å². The van der Waals surface area contributed by atoms with E-state index in [1.54, 1.807) is 6.07 Å². The fraction of sp³-hybridized carbons (Fsp3) is 0.647. The summed E-state index contributed by atoms with van der Waals surface area (Å²) in [5.41, 5.74) is 1.13. The van der Waals surface area contributed by atoms with Crippen molar-refractivity contribution in [3.8, 4) is 11.5 Å². The van der Waals surface area contributed by atoms with E-state index in [-0.39, 0.29) is 67.7 Å². The first-order valence-electron chi connectivity index (χ1n) is 7.73. The molecular weight excluding hydrogens is 282 g/mol. The van der Waals surface area contributed by atoms with Crippen LogP contribution >= 0.6 is 0 Å². The Bertz CT molecular complexity index is 366. The maximum atomic E-state index is 9.80. The normalized spacial score (nSPS) is 9.62. The van der Waals surface area contributed by atoms with E-state index in [4.69, 9.17) is 4.74 Å². The molecule has 0 saturated carbocycles. The summed E-state index contributed by atoms with van der Waals surface area (Å²) in [4.78, 5) is 0. The van der Waals surface area contributed by atoms with Crippen LogP contribution in [0.25, 0.3) is 0 Å². The molecule has 0 spiro atoms. The van der Waals surface area contributed by atoms with E-state index >= 15 is 0 Å². The van der Waals surface area contributed by atoms with Crippen LogP contribution in [0.2, 0.25) is 0 Å². The molecule has 1 aromatic rings. The first-order chi connectivity index (χ1) is 9.29. The summed E-state index contributed by atoms with van der Waals surface area (Å²) in [7, 11) is 0. The number of phenolic OH excluding ortho intramolecular Hbond substituents is 1. The van der Waals surface area contributed by atoms with Crippen LogP contribution < -0.4 is 63.9 Å². The first-order valence-corrected chi connectivity index (χ1v) is 7.73. The monoisotopic (exact) mass is 312 g/mol. The molecule has 4 heteroatoms. The molecule has 0 amide bonds. The summed E-state index contributed by atoms with van der Waals surface area (Å²) < 4.78 is 5.53. The van der Waals surface area contributed by atoms with Crippen LogP contribution in [0.3, 0.4) is 0 Å². The van der Waals surface area contributed by atoms with Crippen molar-refractivity contribution >= 4 is 0 Å². The molecule has 0 aliphatic rings. The average molecular weight is 312 g/mol. The van der Waals surface area contributed by atoms with Crippen LogP contribution in [0.15, 0.2) is 18.2 Å². The molecule has 0 radical (unpaired) electrons. The number of unbranched alkanes of at least 4 members (excludes halogenated alkanes) is 6. The van der Waals surface area contributed by atoms with Gasteiger partial charge in [-0.15, -0.1) is 0 Å². The van der Waals surface area contributed by atoms with E-state index in [0.29, 0.717) is 12.4 Å². The third kappa shape index (κ3) is 10.3. The number of para-hydroxylation sites is 1. The SMILES string of the molecule is CCCCCCCCCc1cccc(O)c1OCC.[H-].[H-].[Na+].[Na+]. The second kappa shape index (κ2) is 15.7. The standard InChI is InChI=1S/C17H28O2.2Na.2H/c1-3-5-6-7-8-9-10-12-15-13-11-14-16(18)17(15)19-4-2;;;;/h11,13-14,18H,3-10,12H2,1-2H3;;;;/q;2*+1;2*-1. The molecule has 0 heterocycles. The molecule has 21 heavy (non-hydrogen) atoms. The molecule has 2 nitrogen and oxygen atoms in total. The van der Waals surface area contributed by atoms with Gasteiger partial charge >= 0.3 is 59.1 Å². The number of hydrogen-bond acceptors (Lipinski definition) is 2. The van der Waals surface area contributed by atoms with Crippen LogP contribution in [0.5, 0.6) is 11.5 Å². The zero-order chi connectivity index (χ0) is 13.9. The molecule has 1 aromatic carbocycles. The van der Waals surface area contributed by atoms with Crippen molar-refractivity contribution in [3.05, 3.63) is 23.8 Å². The van der Waals surface area contributed by atoms with Gasteiger partial charge in [-0.2, -0.15) is 0 Å². The first kappa shape index (κ1) is 24.1. The van der Waals surface area contributed by atoms with Gasteiger partial charge in [-0.3, -0.25) is 0 Å². The topological polar surface area (TPSA) is 29.5 Å². The molecule has 0 aromatic heterocycles. The number of benzene rings is 1. The molecule has 0 unspecified atom stereocenters. The predicted molar refractivity (Wildman–Crippen MR) is 83.2 cm³/mol.